The van der Waals surface area contributed by atoms with E-state index in [0.29, 0.717) is 6.54 Å². The molecule has 1 amide bonds. The number of hydrogen-bond acceptors (Lipinski definition) is 2. The summed E-state index contributed by atoms with van der Waals surface area (Å²) >= 11 is 0. The second kappa shape index (κ2) is 5.28. The minimum atomic E-state index is 0.0138. The lowest BCUT2D eigenvalue weighted by atomic mass is 9.95. The number of carbonyl (C=O) groups is 1. The van der Waals surface area contributed by atoms with Crippen molar-refractivity contribution in [3.63, 3.8) is 0 Å². The van der Waals surface area contributed by atoms with E-state index in [9.17, 15) is 4.79 Å². The van der Waals surface area contributed by atoms with E-state index >= 15 is 0 Å². The van der Waals surface area contributed by atoms with Gasteiger partial charge in [0.1, 0.15) is 0 Å². The van der Waals surface area contributed by atoms with Gasteiger partial charge in [-0.05, 0) is 41.8 Å². The van der Waals surface area contributed by atoms with Gasteiger partial charge in [0.15, 0.2) is 0 Å². The van der Waals surface area contributed by atoms with E-state index in [0.717, 1.165) is 30.6 Å². The third-order valence-corrected chi connectivity index (χ3v) is 3.50. The van der Waals surface area contributed by atoms with Crippen LogP contribution >= 0.6 is 0 Å². The van der Waals surface area contributed by atoms with Gasteiger partial charge in [0.2, 0.25) is 0 Å². The molecule has 0 saturated carbocycles. The Morgan fingerprint density at radius 3 is 3.11 bits per heavy atom. The highest BCUT2D eigenvalue weighted by Crippen LogP contribution is 2.18. The molecule has 0 unspecified atom stereocenters. The van der Waals surface area contributed by atoms with Gasteiger partial charge < -0.3 is 15.6 Å². The van der Waals surface area contributed by atoms with E-state index in [4.69, 9.17) is 0 Å². The number of aromatic amines is 1. The average Bonchev–Trinajstić information content (AvgIpc) is 2.97. The van der Waals surface area contributed by atoms with Crippen LogP contribution in [0.2, 0.25) is 0 Å². The fraction of sp³-hybridized carbons (Fsp3) is 0.267. The molecule has 19 heavy (non-hydrogen) atoms. The summed E-state index contributed by atoms with van der Waals surface area (Å²) in [6, 6.07) is 7.92. The number of hydrogen-bond donors (Lipinski definition) is 3. The van der Waals surface area contributed by atoms with Crippen LogP contribution in [0.5, 0.6) is 0 Å². The Balaban J connectivity index is 1.76. The summed E-state index contributed by atoms with van der Waals surface area (Å²) in [5.74, 6) is 0.0138. The first-order valence-corrected chi connectivity index (χ1v) is 6.56. The van der Waals surface area contributed by atoms with Crippen molar-refractivity contribution >= 4 is 5.91 Å². The molecule has 0 spiro atoms. The van der Waals surface area contributed by atoms with Gasteiger partial charge in [-0.2, -0.15) is 0 Å². The Kier molecular flexibility index (Phi) is 3.33. The number of benzene rings is 1. The van der Waals surface area contributed by atoms with E-state index in [2.05, 4.69) is 21.7 Å². The summed E-state index contributed by atoms with van der Waals surface area (Å²) in [6.07, 6.45) is 4.67. The van der Waals surface area contributed by atoms with E-state index < -0.39 is 0 Å². The summed E-state index contributed by atoms with van der Waals surface area (Å²) in [6.45, 7) is 2.35. The van der Waals surface area contributed by atoms with Crippen LogP contribution in [-0.2, 0) is 19.5 Å². The summed E-state index contributed by atoms with van der Waals surface area (Å²) in [7, 11) is 0. The van der Waals surface area contributed by atoms with Crippen LogP contribution in [0.1, 0.15) is 27.0 Å². The largest absolute Gasteiger partial charge is 0.367 e. The van der Waals surface area contributed by atoms with Gasteiger partial charge >= 0.3 is 0 Å². The Morgan fingerprint density at radius 2 is 2.26 bits per heavy atom. The molecule has 2 aromatic rings. The van der Waals surface area contributed by atoms with Crippen LogP contribution in [0.15, 0.2) is 36.7 Å². The molecule has 0 atom stereocenters. The van der Waals surface area contributed by atoms with Gasteiger partial charge in [-0.3, -0.25) is 4.79 Å². The van der Waals surface area contributed by atoms with Crippen molar-refractivity contribution in [3.8, 4) is 0 Å². The lowest BCUT2D eigenvalue weighted by Crippen LogP contribution is -2.29. The highest BCUT2D eigenvalue weighted by Gasteiger charge is 2.16. The first-order valence-electron chi connectivity index (χ1n) is 6.56. The fourth-order valence-electron chi connectivity index (χ4n) is 2.49. The number of nitrogens with one attached hydrogen (secondary N) is 3. The number of H-pyrrole nitrogens is 1. The quantitative estimate of drug-likeness (QED) is 0.780. The molecule has 2 heterocycles. The van der Waals surface area contributed by atoms with Crippen molar-refractivity contribution in [3.05, 3.63) is 58.9 Å². The van der Waals surface area contributed by atoms with Gasteiger partial charge in [0, 0.05) is 31.0 Å². The molecule has 0 bridgehead atoms. The van der Waals surface area contributed by atoms with Gasteiger partial charge in [-0.1, -0.05) is 12.1 Å². The topological polar surface area (TPSA) is 56.9 Å². The molecule has 0 fully saturated rings. The van der Waals surface area contributed by atoms with Crippen molar-refractivity contribution in [2.75, 3.05) is 6.54 Å². The zero-order valence-electron chi connectivity index (χ0n) is 10.7. The normalized spacial score (nSPS) is 13.9. The molecule has 4 nitrogen and oxygen atoms in total. The predicted molar refractivity (Wildman–Crippen MR) is 73.8 cm³/mol. The molecule has 3 rings (SSSR count). The van der Waals surface area contributed by atoms with Crippen LogP contribution in [0.4, 0.5) is 0 Å². The maximum atomic E-state index is 12.3. The molecule has 0 aliphatic carbocycles. The highest BCUT2D eigenvalue weighted by molar-refractivity contribution is 5.96. The van der Waals surface area contributed by atoms with Gasteiger partial charge in [0.25, 0.3) is 5.91 Å². The first kappa shape index (κ1) is 12.0. The molecule has 0 saturated heterocycles. The van der Waals surface area contributed by atoms with E-state index in [1.54, 1.807) is 0 Å². The van der Waals surface area contributed by atoms with Crippen molar-refractivity contribution in [1.29, 1.82) is 0 Å². The van der Waals surface area contributed by atoms with Gasteiger partial charge in [0.05, 0.1) is 0 Å². The minimum absolute atomic E-state index is 0.0138. The number of carbonyl (C=O) groups excluding carboxylic acids is 1. The van der Waals surface area contributed by atoms with Gasteiger partial charge in [-0.25, -0.2) is 0 Å². The van der Waals surface area contributed by atoms with Crippen LogP contribution in [0.25, 0.3) is 0 Å². The van der Waals surface area contributed by atoms with Crippen LogP contribution < -0.4 is 10.6 Å². The lowest BCUT2D eigenvalue weighted by molar-refractivity contribution is 0.0949. The second-order valence-electron chi connectivity index (χ2n) is 4.77. The second-order valence-corrected chi connectivity index (χ2v) is 4.77. The fourth-order valence-corrected chi connectivity index (χ4v) is 2.49. The third-order valence-electron chi connectivity index (χ3n) is 3.50. The van der Waals surface area contributed by atoms with E-state index in [1.807, 2.05) is 30.6 Å². The molecule has 1 aromatic heterocycles. The summed E-state index contributed by atoms with van der Waals surface area (Å²) in [5.41, 5.74) is 4.32. The smallest absolute Gasteiger partial charge is 0.251 e. The van der Waals surface area contributed by atoms with Crippen molar-refractivity contribution in [2.24, 2.45) is 0 Å². The minimum Gasteiger partial charge on any atom is -0.367 e. The zero-order chi connectivity index (χ0) is 13.1. The Morgan fingerprint density at radius 1 is 1.32 bits per heavy atom. The number of rotatable bonds is 3. The van der Waals surface area contributed by atoms with Crippen molar-refractivity contribution < 1.29 is 4.79 Å². The van der Waals surface area contributed by atoms with Crippen LogP contribution in [0, 0.1) is 0 Å². The third kappa shape index (κ3) is 2.53. The molecular formula is C15H17N3O. The number of aromatic nitrogens is 1. The molecule has 0 radical (unpaired) electrons. The first-order chi connectivity index (χ1) is 9.34. The van der Waals surface area contributed by atoms with E-state index in [-0.39, 0.29) is 5.91 Å². The van der Waals surface area contributed by atoms with Crippen LogP contribution in [0.3, 0.4) is 0 Å². The predicted octanol–water partition coefficient (Wildman–Crippen LogP) is 1.59. The lowest BCUT2D eigenvalue weighted by Gasteiger charge is -2.19. The summed E-state index contributed by atoms with van der Waals surface area (Å²) in [5, 5.41) is 6.30. The standard InChI is InChI=1S/C15H17N3O/c19-15(18-9-11-4-6-16-8-11)14-3-1-2-12-10-17-7-5-13(12)14/h1-4,6,8,16-17H,5,7,9-10H2,(H,18,19). The molecule has 4 heteroatoms. The maximum Gasteiger partial charge on any atom is 0.251 e. The van der Waals surface area contributed by atoms with E-state index in [1.165, 1.54) is 11.1 Å². The number of fused-ring (bicyclic) bond motifs is 1. The Labute approximate surface area is 112 Å². The summed E-state index contributed by atoms with van der Waals surface area (Å²) in [4.78, 5) is 15.3. The van der Waals surface area contributed by atoms with Gasteiger partial charge in [-0.15, -0.1) is 0 Å². The average molecular weight is 255 g/mol. The molecule has 1 aliphatic rings. The van der Waals surface area contributed by atoms with Crippen molar-refractivity contribution in [2.45, 2.75) is 19.5 Å². The molecule has 3 N–H and O–H groups in total. The molecule has 1 aromatic carbocycles. The monoisotopic (exact) mass is 255 g/mol. The van der Waals surface area contributed by atoms with Crippen LogP contribution in [-0.4, -0.2) is 17.4 Å². The Bertz CT molecular complexity index is 575. The maximum absolute atomic E-state index is 12.3. The SMILES string of the molecule is O=C(NCc1cc[nH]c1)c1cccc2c1CCNC2. The number of amides is 1. The van der Waals surface area contributed by atoms with Crippen molar-refractivity contribution in [1.82, 2.24) is 15.6 Å². The highest BCUT2D eigenvalue weighted by atomic mass is 16.1. The Hall–Kier alpha value is -2.07. The molecule has 1 aliphatic heterocycles. The molecule has 98 valence electrons. The zero-order valence-corrected chi connectivity index (χ0v) is 10.7. The summed E-state index contributed by atoms with van der Waals surface area (Å²) < 4.78 is 0. The molecular weight excluding hydrogens is 238 g/mol.